The number of rotatable bonds is 6. The lowest BCUT2D eigenvalue weighted by molar-refractivity contribution is -0.144. The fourth-order valence-electron chi connectivity index (χ4n) is 1.74. The molecule has 15 heavy (non-hydrogen) atoms. The Hall–Kier alpha value is -1.10. The van der Waals surface area contributed by atoms with Crippen LogP contribution in [0.4, 0.5) is 0 Å². The van der Waals surface area contributed by atoms with Gasteiger partial charge in [-0.2, -0.15) is 0 Å². The summed E-state index contributed by atoms with van der Waals surface area (Å²) in [4.78, 5) is 24.0. The molecule has 1 aliphatic rings. The molecule has 1 fully saturated rings. The maximum Gasteiger partial charge on any atom is 0.321 e. The van der Waals surface area contributed by atoms with Gasteiger partial charge in [0.2, 0.25) is 5.91 Å². The molecule has 1 aliphatic carbocycles. The largest absolute Gasteiger partial charge is 0.480 e. The molecular weight excluding hydrogens is 196 g/mol. The quantitative estimate of drug-likeness (QED) is 0.648. The summed E-state index contributed by atoms with van der Waals surface area (Å²) in [5.74, 6) is -0.723. The second kappa shape index (κ2) is 5.11. The van der Waals surface area contributed by atoms with Gasteiger partial charge in [0.15, 0.2) is 0 Å². The molecule has 86 valence electrons. The zero-order chi connectivity index (χ0) is 11.4. The summed E-state index contributed by atoms with van der Waals surface area (Å²) in [5.41, 5.74) is 0. The highest BCUT2D eigenvalue weighted by molar-refractivity contribution is 5.80. The van der Waals surface area contributed by atoms with E-state index in [1.807, 2.05) is 6.92 Å². The van der Waals surface area contributed by atoms with Gasteiger partial charge in [-0.15, -0.1) is 0 Å². The van der Waals surface area contributed by atoms with Crippen LogP contribution in [-0.2, 0) is 9.59 Å². The molecule has 0 bridgehead atoms. The monoisotopic (exact) mass is 214 g/mol. The maximum atomic E-state index is 11.2. The Morgan fingerprint density at radius 3 is 2.47 bits per heavy atom. The number of carbonyl (C=O) groups is 2. The molecule has 1 unspecified atom stereocenters. The van der Waals surface area contributed by atoms with Gasteiger partial charge < -0.3 is 10.4 Å². The predicted molar refractivity (Wildman–Crippen MR) is 55.5 cm³/mol. The molecule has 5 nitrogen and oxygen atoms in total. The van der Waals surface area contributed by atoms with Crippen LogP contribution in [0.5, 0.6) is 0 Å². The van der Waals surface area contributed by atoms with Crippen LogP contribution in [-0.4, -0.2) is 48.1 Å². The number of likely N-dealkylation sites (N-methyl/N-ethyl adjacent to an activating group) is 2. The normalized spacial score (nSPS) is 17.5. The number of hydrogen-bond acceptors (Lipinski definition) is 3. The smallest absolute Gasteiger partial charge is 0.321 e. The van der Waals surface area contributed by atoms with Crippen LogP contribution >= 0.6 is 0 Å². The topological polar surface area (TPSA) is 69.6 Å². The van der Waals surface area contributed by atoms with Gasteiger partial charge in [-0.05, 0) is 25.3 Å². The van der Waals surface area contributed by atoms with Gasteiger partial charge >= 0.3 is 5.97 Å². The summed E-state index contributed by atoms with van der Waals surface area (Å²) in [6, 6.07) is -0.493. The summed E-state index contributed by atoms with van der Waals surface area (Å²) in [7, 11) is 1.56. The Morgan fingerprint density at radius 1 is 1.53 bits per heavy atom. The lowest BCUT2D eigenvalue weighted by Gasteiger charge is -2.26. The lowest BCUT2D eigenvalue weighted by Crippen LogP contribution is -2.47. The van der Waals surface area contributed by atoms with Crippen molar-refractivity contribution in [2.45, 2.75) is 25.8 Å². The minimum atomic E-state index is -0.816. The van der Waals surface area contributed by atoms with Gasteiger partial charge in [-0.1, -0.05) is 6.92 Å². The SMILES string of the molecule is CCN(CC(=O)NC)C(C(=O)O)C1CC1. The Balaban J connectivity index is 2.60. The molecule has 5 heteroatoms. The van der Waals surface area contributed by atoms with Crippen molar-refractivity contribution in [1.29, 1.82) is 0 Å². The molecule has 0 saturated heterocycles. The average molecular weight is 214 g/mol. The molecule has 0 radical (unpaired) electrons. The molecule has 0 spiro atoms. The first-order valence-corrected chi connectivity index (χ1v) is 5.27. The lowest BCUT2D eigenvalue weighted by atomic mass is 10.1. The number of nitrogens with one attached hydrogen (secondary N) is 1. The third-order valence-electron chi connectivity index (χ3n) is 2.75. The molecule has 1 saturated carbocycles. The van der Waals surface area contributed by atoms with E-state index < -0.39 is 12.0 Å². The van der Waals surface area contributed by atoms with E-state index in [1.54, 1.807) is 11.9 Å². The maximum absolute atomic E-state index is 11.2. The Labute approximate surface area is 89.4 Å². The fourth-order valence-corrected chi connectivity index (χ4v) is 1.74. The molecule has 0 aromatic rings. The molecule has 1 amide bonds. The Bertz CT molecular complexity index is 251. The Kier molecular flexibility index (Phi) is 4.08. The number of carboxylic acids is 1. The second-order valence-electron chi connectivity index (χ2n) is 3.86. The first-order valence-electron chi connectivity index (χ1n) is 5.27. The molecule has 0 heterocycles. The van der Waals surface area contributed by atoms with Gasteiger partial charge in [0.05, 0.1) is 6.54 Å². The van der Waals surface area contributed by atoms with Crippen LogP contribution in [0.3, 0.4) is 0 Å². The molecule has 0 aromatic carbocycles. The number of aliphatic carboxylic acids is 1. The zero-order valence-corrected chi connectivity index (χ0v) is 9.19. The zero-order valence-electron chi connectivity index (χ0n) is 9.19. The summed E-state index contributed by atoms with van der Waals surface area (Å²) in [5, 5.41) is 11.6. The van der Waals surface area contributed by atoms with E-state index in [-0.39, 0.29) is 18.4 Å². The third-order valence-corrected chi connectivity index (χ3v) is 2.75. The van der Waals surface area contributed by atoms with E-state index in [4.69, 9.17) is 5.11 Å². The summed E-state index contributed by atoms with van der Waals surface area (Å²) < 4.78 is 0. The molecule has 0 aromatic heterocycles. The summed E-state index contributed by atoms with van der Waals surface area (Å²) in [6.45, 7) is 2.63. The van der Waals surface area contributed by atoms with Crippen LogP contribution in [0.15, 0.2) is 0 Å². The number of carboxylic acid groups (broad SMARTS) is 1. The van der Waals surface area contributed by atoms with E-state index >= 15 is 0 Å². The van der Waals surface area contributed by atoms with Crippen molar-refractivity contribution in [3.05, 3.63) is 0 Å². The molecule has 2 N–H and O–H groups in total. The van der Waals surface area contributed by atoms with Gasteiger partial charge in [0, 0.05) is 7.05 Å². The standard InChI is InChI=1S/C10H18N2O3/c1-3-12(6-8(13)11-2)9(10(14)15)7-4-5-7/h7,9H,3-6H2,1-2H3,(H,11,13)(H,14,15). The number of amides is 1. The van der Waals surface area contributed by atoms with Crippen molar-refractivity contribution in [2.75, 3.05) is 20.1 Å². The van der Waals surface area contributed by atoms with Crippen LogP contribution in [0.2, 0.25) is 0 Å². The van der Waals surface area contributed by atoms with Gasteiger partial charge in [0.25, 0.3) is 0 Å². The van der Waals surface area contributed by atoms with Gasteiger partial charge in [0.1, 0.15) is 6.04 Å². The van der Waals surface area contributed by atoms with Crippen LogP contribution in [0.25, 0.3) is 0 Å². The van der Waals surface area contributed by atoms with Crippen LogP contribution in [0, 0.1) is 5.92 Å². The summed E-state index contributed by atoms with van der Waals surface area (Å²) >= 11 is 0. The highest BCUT2D eigenvalue weighted by Crippen LogP contribution is 2.35. The molecule has 0 aliphatic heterocycles. The van der Waals surface area contributed by atoms with Crippen molar-refractivity contribution in [2.24, 2.45) is 5.92 Å². The van der Waals surface area contributed by atoms with Crippen molar-refractivity contribution in [1.82, 2.24) is 10.2 Å². The van der Waals surface area contributed by atoms with E-state index in [0.717, 1.165) is 12.8 Å². The third kappa shape index (κ3) is 3.20. The van der Waals surface area contributed by atoms with Gasteiger partial charge in [-0.25, -0.2) is 0 Å². The first kappa shape index (κ1) is 12.0. The minimum Gasteiger partial charge on any atom is -0.480 e. The van der Waals surface area contributed by atoms with Crippen molar-refractivity contribution >= 4 is 11.9 Å². The van der Waals surface area contributed by atoms with E-state index in [1.165, 1.54) is 0 Å². The molecule has 1 rings (SSSR count). The van der Waals surface area contributed by atoms with Crippen LogP contribution in [0.1, 0.15) is 19.8 Å². The van der Waals surface area contributed by atoms with Crippen molar-refractivity contribution in [3.63, 3.8) is 0 Å². The molecular formula is C10H18N2O3. The van der Waals surface area contributed by atoms with Crippen molar-refractivity contribution < 1.29 is 14.7 Å². The first-order chi connectivity index (χ1) is 7.10. The van der Waals surface area contributed by atoms with Gasteiger partial charge in [-0.3, -0.25) is 14.5 Å². The fraction of sp³-hybridized carbons (Fsp3) is 0.800. The number of nitrogens with zero attached hydrogens (tertiary/aromatic N) is 1. The highest BCUT2D eigenvalue weighted by atomic mass is 16.4. The average Bonchev–Trinajstić information content (AvgIpc) is 3.00. The van der Waals surface area contributed by atoms with E-state index in [0.29, 0.717) is 6.54 Å². The van der Waals surface area contributed by atoms with Crippen LogP contribution < -0.4 is 5.32 Å². The second-order valence-corrected chi connectivity index (χ2v) is 3.86. The number of carbonyl (C=O) groups excluding carboxylic acids is 1. The summed E-state index contributed by atoms with van der Waals surface area (Å²) in [6.07, 6.45) is 1.92. The molecule has 1 atom stereocenters. The Morgan fingerprint density at radius 2 is 2.13 bits per heavy atom. The minimum absolute atomic E-state index is 0.135. The van der Waals surface area contributed by atoms with E-state index in [9.17, 15) is 9.59 Å². The number of hydrogen-bond donors (Lipinski definition) is 2. The predicted octanol–water partition coefficient (Wildman–Crippen LogP) is -0.0825. The van der Waals surface area contributed by atoms with E-state index in [2.05, 4.69) is 5.32 Å². The van der Waals surface area contributed by atoms with Crippen molar-refractivity contribution in [3.8, 4) is 0 Å². The highest BCUT2D eigenvalue weighted by Gasteiger charge is 2.40.